The molecule has 0 bridgehead atoms. The van der Waals surface area contributed by atoms with Gasteiger partial charge in [0.25, 0.3) is 0 Å². The maximum atomic E-state index is 6.64. The zero-order valence-electron chi connectivity index (χ0n) is 41.0. The van der Waals surface area contributed by atoms with E-state index in [0.717, 1.165) is 40.6 Å². The Hall–Kier alpha value is -6.30. The number of fused-ring (bicyclic) bond motifs is 12. The Balaban J connectivity index is 1.13. The van der Waals surface area contributed by atoms with Gasteiger partial charge in [0.2, 0.25) is 7.28 Å². The van der Waals surface area contributed by atoms with E-state index in [0.29, 0.717) is 0 Å². The largest absolute Gasteiger partial charge is 0.454 e. The van der Waals surface area contributed by atoms with Gasteiger partial charge in [-0.1, -0.05) is 146 Å². The molecule has 10 aromatic rings. The summed E-state index contributed by atoms with van der Waals surface area (Å²) < 4.78 is 9.47. The fourth-order valence-electron chi connectivity index (χ4n) is 12.7. The third kappa shape index (κ3) is 6.10. The highest BCUT2D eigenvalue weighted by Gasteiger charge is 2.42. The second-order valence-corrected chi connectivity index (χ2v) is 24.2. The van der Waals surface area contributed by atoms with E-state index in [1.54, 1.807) is 0 Å². The van der Waals surface area contributed by atoms with E-state index in [1.165, 1.54) is 124 Å². The number of aryl methyl sites for hydroxylation is 1. The third-order valence-corrected chi connectivity index (χ3v) is 18.0. The molecule has 68 heavy (non-hydrogen) atoms. The molecule has 0 fully saturated rings. The van der Waals surface area contributed by atoms with Crippen LogP contribution in [0, 0.1) is 6.92 Å². The Kier molecular flexibility index (Phi) is 8.85. The summed E-state index contributed by atoms with van der Waals surface area (Å²) in [6.45, 7) is 22.1. The van der Waals surface area contributed by atoms with Crippen LogP contribution in [0.2, 0.25) is 0 Å². The van der Waals surface area contributed by atoms with Crippen LogP contribution in [0.15, 0.2) is 138 Å². The number of hydrogen-bond acceptors (Lipinski definition) is 4. The SMILES string of the molecule is Cc1cc2c(cc1N1c3c(c(-c4c(Nc5cccc6c5oc5ccccc56)ccc5ccccc45)cc4ccccc34)Bc3sc4cc5c(cc4c31)C(C)(C)CCC5(C)C)C(C)(C)CCC2(C)C. The van der Waals surface area contributed by atoms with Gasteiger partial charge in [-0.25, -0.2) is 0 Å². The van der Waals surface area contributed by atoms with Crippen LogP contribution in [0.25, 0.3) is 64.7 Å². The predicted octanol–water partition coefficient (Wildman–Crippen LogP) is 16.7. The van der Waals surface area contributed by atoms with Crippen molar-refractivity contribution >= 4 is 111 Å². The maximum absolute atomic E-state index is 6.64. The molecule has 336 valence electrons. The number of benzene rings is 8. The lowest BCUT2D eigenvalue weighted by Crippen LogP contribution is -2.40. The first-order valence-corrected chi connectivity index (χ1v) is 25.7. The molecule has 0 saturated carbocycles. The average Bonchev–Trinajstić information content (AvgIpc) is 3.89. The summed E-state index contributed by atoms with van der Waals surface area (Å²) in [6, 6.07) is 50.5. The monoisotopic (exact) mass is 902 g/mol. The van der Waals surface area contributed by atoms with Crippen LogP contribution in [0.4, 0.5) is 28.4 Å². The Bertz CT molecular complexity index is 3790. The first-order chi connectivity index (χ1) is 32.6. The highest BCUT2D eigenvalue weighted by atomic mass is 32.1. The van der Waals surface area contributed by atoms with Gasteiger partial charge < -0.3 is 14.6 Å². The molecular formula is C63H59BN2OS. The molecule has 3 heterocycles. The second-order valence-electron chi connectivity index (χ2n) is 23.1. The molecule has 1 N–H and O–H groups in total. The summed E-state index contributed by atoms with van der Waals surface area (Å²) >= 11 is 2.02. The van der Waals surface area contributed by atoms with Crippen LogP contribution >= 0.6 is 11.3 Å². The maximum Gasteiger partial charge on any atom is 0.211 e. The van der Waals surface area contributed by atoms with Crippen molar-refractivity contribution in [3.05, 3.63) is 161 Å². The highest BCUT2D eigenvalue weighted by molar-refractivity contribution is 7.29. The lowest BCUT2D eigenvalue weighted by molar-refractivity contribution is 0.332. The minimum Gasteiger partial charge on any atom is -0.454 e. The molecule has 0 saturated heterocycles. The number of furan rings is 1. The molecule has 0 atom stereocenters. The number of rotatable bonds is 4. The van der Waals surface area contributed by atoms with Crippen molar-refractivity contribution in [3.8, 4) is 11.1 Å². The minimum atomic E-state index is 0.0519. The quantitative estimate of drug-likeness (QED) is 0.178. The van der Waals surface area contributed by atoms with Crippen molar-refractivity contribution < 1.29 is 4.42 Å². The summed E-state index contributed by atoms with van der Waals surface area (Å²) in [7, 11) is 0.836. The van der Waals surface area contributed by atoms with Gasteiger partial charge in [0.15, 0.2) is 5.58 Å². The fourth-order valence-corrected chi connectivity index (χ4v) is 13.9. The van der Waals surface area contributed by atoms with Crippen LogP contribution < -0.4 is 20.5 Å². The zero-order valence-corrected chi connectivity index (χ0v) is 41.8. The number of para-hydroxylation sites is 2. The van der Waals surface area contributed by atoms with Crippen molar-refractivity contribution in [2.45, 2.75) is 110 Å². The molecular weight excluding hydrogens is 844 g/mol. The van der Waals surface area contributed by atoms with E-state index < -0.39 is 0 Å². The van der Waals surface area contributed by atoms with Crippen molar-refractivity contribution in [1.82, 2.24) is 0 Å². The second kappa shape index (κ2) is 14.4. The number of hydrogen-bond donors (Lipinski definition) is 1. The third-order valence-electron chi connectivity index (χ3n) is 16.9. The van der Waals surface area contributed by atoms with Crippen molar-refractivity contribution in [1.29, 1.82) is 0 Å². The predicted molar refractivity (Wildman–Crippen MR) is 296 cm³/mol. The molecule has 0 amide bonds. The van der Waals surface area contributed by atoms with E-state index in [-0.39, 0.29) is 21.7 Å². The van der Waals surface area contributed by atoms with Crippen LogP contribution in [0.5, 0.6) is 0 Å². The zero-order chi connectivity index (χ0) is 46.6. The van der Waals surface area contributed by atoms with E-state index >= 15 is 0 Å². The molecule has 2 aliphatic carbocycles. The Morgan fingerprint density at radius 3 is 1.87 bits per heavy atom. The van der Waals surface area contributed by atoms with Gasteiger partial charge in [-0.15, -0.1) is 11.3 Å². The summed E-state index contributed by atoms with van der Waals surface area (Å²) in [5.74, 6) is 0. The van der Waals surface area contributed by atoms with Gasteiger partial charge in [0.1, 0.15) is 5.58 Å². The van der Waals surface area contributed by atoms with Gasteiger partial charge in [-0.05, 0) is 157 Å². The first-order valence-electron chi connectivity index (χ1n) is 24.9. The molecule has 5 heteroatoms. The van der Waals surface area contributed by atoms with Gasteiger partial charge in [-0.3, -0.25) is 0 Å². The summed E-state index contributed by atoms with van der Waals surface area (Å²) in [5, 5.41) is 12.6. The molecule has 3 nitrogen and oxygen atoms in total. The van der Waals surface area contributed by atoms with Crippen molar-refractivity contribution in [2.24, 2.45) is 0 Å². The Morgan fingerprint density at radius 2 is 1.13 bits per heavy atom. The van der Waals surface area contributed by atoms with Crippen molar-refractivity contribution in [2.75, 3.05) is 10.2 Å². The molecule has 0 radical (unpaired) electrons. The van der Waals surface area contributed by atoms with Crippen molar-refractivity contribution in [3.63, 3.8) is 0 Å². The smallest absolute Gasteiger partial charge is 0.211 e. The van der Waals surface area contributed by atoms with Gasteiger partial charge in [-0.2, -0.15) is 0 Å². The van der Waals surface area contributed by atoms with Gasteiger partial charge in [0, 0.05) is 48.9 Å². The van der Waals surface area contributed by atoms with Crippen LogP contribution in [0.1, 0.15) is 109 Å². The lowest BCUT2D eigenvalue weighted by atomic mass is 9.60. The van der Waals surface area contributed by atoms with E-state index in [2.05, 4.69) is 206 Å². The minimum absolute atomic E-state index is 0.0519. The highest BCUT2D eigenvalue weighted by Crippen LogP contribution is 2.55. The topological polar surface area (TPSA) is 28.4 Å². The van der Waals surface area contributed by atoms with Crippen LogP contribution in [-0.2, 0) is 21.7 Å². The van der Waals surface area contributed by atoms with Gasteiger partial charge >= 0.3 is 0 Å². The lowest BCUT2D eigenvalue weighted by Gasteiger charge is -2.44. The fraction of sp³-hybridized carbons (Fsp3) is 0.270. The van der Waals surface area contributed by atoms with E-state index in [4.69, 9.17) is 4.42 Å². The average molecular weight is 903 g/mol. The molecule has 0 spiro atoms. The van der Waals surface area contributed by atoms with E-state index in [1.807, 2.05) is 11.3 Å². The van der Waals surface area contributed by atoms with Gasteiger partial charge in [0.05, 0.1) is 11.4 Å². The Morgan fingerprint density at radius 1 is 0.529 bits per heavy atom. The molecule has 3 aliphatic rings. The molecule has 2 aromatic heterocycles. The number of thiophene rings is 1. The first kappa shape index (κ1) is 41.9. The molecule has 0 unspecified atom stereocenters. The van der Waals surface area contributed by atoms with Crippen LogP contribution in [0.3, 0.4) is 0 Å². The van der Waals surface area contributed by atoms with E-state index in [9.17, 15) is 0 Å². The molecule has 1 aliphatic heterocycles. The molecule has 13 rings (SSSR count). The number of nitrogens with one attached hydrogen (secondary N) is 1. The standard InChI is InChI=1S/C63H59BN2OS/c1-36-31-45-47(62(6,7)29-27-60(45,2)3)34-51(36)66-56-40-20-13-11-18-38(40)32-44(55(56)64-59-57(66)43-33-46-48(35-53(43)68-59)63(8,9)30-28-61(46,4)5)54-39-19-12-10-17-37(39)25-26-49(54)65-50-23-16-22-42-41-21-14-15-24-52(41)67-58(42)50/h10-26,31-35,64-65H,27-30H2,1-9H3. The summed E-state index contributed by atoms with van der Waals surface area (Å²) in [4.78, 5) is 2.76. The number of nitrogens with zero attached hydrogens (tertiary/aromatic N) is 1. The normalized spacial score (nSPS) is 17.5. The van der Waals surface area contributed by atoms with Crippen LogP contribution in [-0.4, -0.2) is 7.28 Å². The Labute approximate surface area is 405 Å². The summed E-state index contributed by atoms with van der Waals surface area (Å²) in [6.07, 6.45) is 4.74. The molecule has 8 aromatic carbocycles. The summed E-state index contributed by atoms with van der Waals surface area (Å²) in [5.41, 5.74) is 19.3. The number of anilines is 5.